The summed E-state index contributed by atoms with van der Waals surface area (Å²) in [6.07, 6.45) is 1.52. The van der Waals surface area contributed by atoms with E-state index in [-0.39, 0.29) is 40.8 Å². The van der Waals surface area contributed by atoms with E-state index >= 15 is 0 Å². The normalized spacial score (nSPS) is 40.9. The van der Waals surface area contributed by atoms with E-state index < -0.39 is 23.7 Å². The number of β-lactam (4-membered cyclic amide) rings is 1. The maximum atomic E-state index is 12.4. The van der Waals surface area contributed by atoms with Gasteiger partial charge in [-0.15, -0.1) is 11.8 Å². The first-order valence-corrected chi connectivity index (χ1v) is 10.4. The van der Waals surface area contributed by atoms with E-state index in [1.54, 1.807) is 13.0 Å². The average molecular weight is 407 g/mol. The molecule has 2 unspecified atom stereocenters. The summed E-state index contributed by atoms with van der Waals surface area (Å²) < 4.78 is 0. The van der Waals surface area contributed by atoms with Crippen molar-refractivity contribution in [3.8, 4) is 0 Å². The van der Waals surface area contributed by atoms with Gasteiger partial charge in [0, 0.05) is 22.6 Å². The molecule has 28 heavy (non-hydrogen) atoms. The fourth-order valence-corrected chi connectivity index (χ4v) is 6.60. The summed E-state index contributed by atoms with van der Waals surface area (Å²) in [5.74, 6) is -2.22. The third-order valence-electron chi connectivity index (χ3n) is 6.54. The van der Waals surface area contributed by atoms with Crippen molar-refractivity contribution in [3.63, 3.8) is 0 Å². The van der Waals surface area contributed by atoms with Gasteiger partial charge in [0.15, 0.2) is 0 Å². The highest BCUT2D eigenvalue weighted by Crippen LogP contribution is 2.52. The largest absolute Gasteiger partial charge is 0.477 e. The zero-order valence-electron chi connectivity index (χ0n) is 16.1. The molecule has 4 aliphatic heterocycles. The average Bonchev–Trinajstić information content (AvgIpc) is 3.21. The third kappa shape index (κ3) is 2.49. The molecule has 2 amide bonds. The summed E-state index contributed by atoms with van der Waals surface area (Å²) in [4.78, 5) is 40.8. The number of carbonyl (C=O) groups excluding carboxylic acids is 2. The molecule has 0 radical (unpaired) electrons. The first-order chi connectivity index (χ1) is 13.1. The second kappa shape index (κ2) is 6.33. The van der Waals surface area contributed by atoms with Crippen molar-refractivity contribution < 1.29 is 24.6 Å². The van der Waals surface area contributed by atoms with Crippen molar-refractivity contribution in [2.75, 3.05) is 6.54 Å². The summed E-state index contributed by atoms with van der Waals surface area (Å²) >= 11 is 1.46. The van der Waals surface area contributed by atoms with E-state index in [2.05, 4.69) is 16.8 Å². The number of aliphatic hydroxyl groups is 1. The summed E-state index contributed by atoms with van der Waals surface area (Å²) in [5, 5.41) is 22.7. The van der Waals surface area contributed by atoms with Gasteiger partial charge in [0.25, 0.3) is 0 Å². The first-order valence-electron chi connectivity index (χ1n) is 9.48. The molecule has 0 aliphatic carbocycles. The quantitative estimate of drug-likeness (QED) is 0.445. The number of rotatable bonds is 5. The molecule has 3 N–H and O–H groups in total. The predicted octanol–water partition coefficient (Wildman–Crippen LogP) is 0.348. The van der Waals surface area contributed by atoms with Gasteiger partial charge < -0.3 is 20.4 Å². The molecule has 0 aromatic rings. The summed E-state index contributed by atoms with van der Waals surface area (Å²) in [6, 6.07) is -0.570. The Balaban J connectivity index is 1.58. The fraction of sp³-hybridized carbons (Fsp3) is 0.632. The maximum absolute atomic E-state index is 12.4. The van der Waals surface area contributed by atoms with Crippen LogP contribution in [-0.4, -0.2) is 73.4 Å². The number of nitrogens with one attached hydrogen (secondary N) is 1. The number of nitrogens with zero attached hydrogens (tertiary/aromatic N) is 2. The second-order valence-corrected chi connectivity index (χ2v) is 9.60. The minimum Gasteiger partial charge on any atom is -0.477 e. The van der Waals surface area contributed by atoms with Gasteiger partial charge in [-0.05, 0) is 20.3 Å². The van der Waals surface area contributed by atoms with Crippen LogP contribution < -0.4 is 5.32 Å². The van der Waals surface area contributed by atoms with Crippen molar-refractivity contribution in [2.24, 2.45) is 11.8 Å². The fourth-order valence-electron chi connectivity index (χ4n) is 5.08. The maximum Gasteiger partial charge on any atom is 0.353 e. The molecular formula is C19H25N3O5S. The smallest absolute Gasteiger partial charge is 0.353 e. The number of carboxylic acids is 1. The number of fused-ring (bicyclic) bond motifs is 2. The van der Waals surface area contributed by atoms with Crippen LogP contribution in [0.5, 0.6) is 0 Å². The van der Waals surface area contributed by atoms with E-state index in [1.807, 2.05) is 13.8 Å². The van der Waals surface area contributed by atoms with Gasteiger partial charge >= 0.3 is 5.97 Å². The van der Waals surface area contributed by atoms with Crippen LogP contribution in [0, 0.1) is 11.8 Å². The van der Waals surface area contributed by atoms with Crippen molar-refractivity contribution >= 4 is 29.5 Å². The van der Waals surface area contributed by atoms with Gasteiger partial charge in [0.05, 0.1) is 24.1 Å². The molecule has 9 heteroatoms. The highest BCUT2D eigenvalue weighted by atomic mass is 32.2. The Labute approximate surface area is 167 Å². The van der Waals surface area contributed by atoms with Crippen molar-refractivity contribution in [1.29, 1.82) is 0 Å². The van der Waals surface area contributed by atoms with E-state index in [0.717, 1.165) is 0 Å². The van der Waals surface area contributed by atoms with Crippen LogP contribution in [0.25, 0.3) is 0 Å². The van der Waals surface area contributed by atoms with Crippen LogP contribution in [0.1, 0.15) is 27.2 Å². The molecule has 4 rings (SSSR count). The van der Waals surface area contributed by atoms with Crippen LogP contribution in [0.15, 0.2) is 23.3 Å². The monoisotopic (exact) mass is 407 g/mol. The molecule has 8 nitrogen and oxygen atoms in total. The number of amides is 2. The molecule has 152 valence electrons. The highest BCUT2D eigenvalue weighted by Gasteiger charge is 2.60. The summed E-state index contributed by atoms with van der Waals surface area (Å²) in [6.45, 7) is 9.84. The van der Waals surface area contributed by atoms with Gasteiger partial charge in [-0.3, -0.25) is 14.5 Å². The number of carbonyl (C=O) groups is 3. The van der Waals surface area contributed by atoms with Crippen LogP contribution in [0.3, 0.4) is 0 Å². The van der Waals surface area contributed by atoms with Gasteiger partial charge in [-0.2, -0.15) is 0 Å². The molecule has 7 atom stereocenters. The van der Waals surface area contributed by atoms with E-state index in [9.17, 15) is 24.6 Å². The minimum absolute atomic E-state index is 0.0346. The van der Waals surface area contributed by atoms with Gasteiger partial charge in [-0.1, -0.05) is 19.6 Å². The van der Waals surface area contributed by atoms with E-state index in [4.69, 9.17) is 0 Å². The van der Waals surface area contributed by atoms with Crippen molar-refractivity contribution in [1.82, 2.24) is 15.1 Å². The number of hydrogen-bond acceptors (Lipinski definition) is 6. The van der Waals surface area contributed by atoms with Crippen molar-refractivity contribution in [3.05, 3.63) is 23.3 Å². The van der Waals surface area contributed by atoms with Crippen LogP contribution in [0.2, 0.25) is 0 Å². The van der Waals surface area contributed by atoms with Crippen LogP contribution in [0.4, 0.5) is 0 Å². The molecule has 0 aromatic carbocycles. The lowest BCUT2D eigenvalue weighted by Gasteiger charge is -2.46. The number of aliphatic carboxylic acids is 1. The zero-order chi connectivity index (χ0) is 20.5. The topological polar surface area (TPSA) is 110 Å². The number of carboxylic acid groups (broad SMARTS) is 1. The lowest BCUT2D eigenvalue weighted by atomic mass is 9.79. The number of hydrogen-bond donors (Lipinski definition) is 3. The SMILES string of the molecule is C=C[C@@]1(C)NC(=O)[C@@H]2CC(SC3=C(C(=O)O)N4C(=O)[C@H](C(C)O)[C@H]4[C@H]3C)CN21. The van der Waals surface area contributed by atoms with Crippen molar-refractivity contribution in [2.45, 2.75) is 56.3 Å². The molecule has 4 aliphatic rings. The Bertz CT molecular complexity index is 811. The first kappa shape index (κ1) is 19.5. The second-order valence-electron chi connectivity index (χ2n) is 8.26. The van der Waals surface area contributed by atoms with Crippen LogP contribution in [-0.2, 0) is 14.4 Å². The lowest BCUT2D eigenvalue weighted by Crippen LogP contribution is -2.63. The lowest BCUT2D eigenvalue weighted by molar-refractivity contribution is -0.163. The highest BCUT2D eigenvalue weighted by molar-refractivity contribution is 8.03. The van der Waals surface area contributed by atoms with E-state index in [0.29, 0.717) is 17.9 Å². The molecule has 3 fully saturated rings. The predicted molar refractivity (Wildman–Crippen MR) is 103 cm³/mol. The van der Waals surface area contributed by atoms with Gasteiger partial charge in [0.2, 0.25) is 11.8 Å². The van der Waals surface area contributed by atoms with E-state index in [1.165, 1.54) is 16.7 Å². The van der Waals surface area contributed by atoms with Crippen LogP contribution >= 0.6 is 11.8 Å². The molecule has 0 spiro atoms. The Morgan fingerprint density at radius 3 is 2.71 bits per heavy atom. The van der Waals surface area contributed by atoms with Gasteiger partial charge in [-0.25, -0.2) is 4.79 Å². The zero-order valence-corrected chi connectivity index (χ0v) is 16.9. The Morgan fingerprint density at radius 1 is 1.46 bits per heavy atom. The molecule has 0 saturated carbocycles. The summed E-state index contributed by atoms with van der Waals surface area (Å²) in [5.41, 5.74) is -0.564. The molecule has 4 heterocycles. The minimum atomic E-state index is -1.12. The molecule has 3 saturated heterocycles. The van der Waals surface area contributed by atoms with Gasteiger partial charge in [0.1, 0.15) is 11.4 Å². The number of aliphatic hydroxyl groups excluding tert-OH is 1. The standard InChI is InChI=1S/C19H25N3O5S/c1-5-19(4)20-16(24)11-6-10(7-21(11)19)28-15-8(2)13-12(9(3)23)17(25)22(13)14(15)18(26)27/h5,8-13,23H,1,6-7H2,2-4H3,(H,20,24)(H,26,27)/t8-,9?,10?,11+,12-,13-,19+/m1/s1. The Kier molecular flexibility index (Phi) is 4.40. The molecule has 0 bridgehead atoms. The Hall–Kier alpha value is -1.84. The molecular weight excluding hydrogens is 382 g/mol. The molecule has 0 aromatic heterocycles. The Morgan fingerprint density at radius 2 is 2.14 bits per heavy atom. The number of thioether (sulfide) groups is 1. The summed E-state index contributed by atoms with van der Waals surface area (Å²) in [7, 11) is 0. The third-order valence-corrected chi connectivity index (χ3v) is 8.03.